The van der Waals surface area contributed by atoms with Crippen LogP contribution in [0.5, 0.6) is 0 Å². The van der Waals surface area contributed by atoms with Crippen molar-refractivity contribution in [2.24, 2.45) is 5.10 Å². The van der Waals surface area contributed by atoms with Crippen LogP contribution in [0.15, 0.2) is 53.6 Å². The first kappa shape index (κ1) is 20.4. The highest BCUT2D eigenvalue weighted by Gasteiger charge is 2.21. The molecule has 0 radical (unpaired) electrons. The first-order valence-electron chi connectivity index (χ1n) is 8.25. The van der Waals surface area contributed by atoms with E-state index in [0.717, 1.165) is 11.8 Å². The molecule has 0 aliphatic rings. The summed E-state index contributed by atoms with van der Waals surface area (Å²) in [6.07, 6.45) is 0.635. The fourth-order valence-electron chi connectivity index (χ4n) is 2.25. The smallest absolute Gasteiger partial charge is 0.407 e. The minimum atomic E-state index is -0.917. The second-order valence-electron chi connectivity index (χ2n) is 5.48. The maximum Gasteiger partial charge on any atom is 0.407 e. The molecule has 0 saturated carbocycles. The van der Waals surface area contributed by atoms with Crippen LogP contribution in [-0.4, -0.2) is 30.9 Å². The standard InChI is InChI=1S/C19H19ClFN3O3/c1-2-27-19(26)23-17(11-13-7-4-3-5-8-13)18(25)24-22-12-14-15(20)9-6-10-16(14)21/h3-10,12,17H,2,11H2,1H3,(H,23,26)(H,24,25)/b22-12-/t17-/m1/s1. The van der Waals surface area contributed by atoms with Crippen LogP contribution in [0.25, 0.3) is 0 Å². The number of hydrazone groups is 1. The molecule has 0 aliphatic carbocycles. The van der Waals surface area contributed by atoms with Crippen molar-refractivity contribution in [3.63, 3.8) is 0 Å². The van der Waals surface area contributed by atoms with Gasteiger partial charge in [0.15, 0.2) is 0 Å². The molecule has 0 unspecified atom stereocenters. The van der Waals surface area contributed by atoms with Crippen LogP contribution in [0.3, 0.4) is 0 Å². The number of halogens is 2. The monoisotopic (exact) mass is 391 g/mol. The summed E-state index contributed by atoms with van der Waals surface area (Å²) in [5, 5.41) is 6.39. The van der Waals surface area contributed by atoms with E-state index in [1.165, 1.54) is 18.2 Å². The third-order valence-electron chi connectivity index (χ3n) is 3.53. The van der Waals surface area contributed by atoms with Gasteiger partial charge in [-0.25, -0.2) is 14.6 Å². The Labute approximate surface area is 161 Å². The Morgan fingerprint density at radius 1 is 1.22 bits per heavy atom. The molecule has 0 heterocycles. The highest BCUT2D eigenvalue weighted by atomic mass is 35.5. The normalized spacial score (nSPS) is 11.8. The lowest BCUT2D eigenvalue weighted by Crippen LogP contribution is -2.47. The van der Waals surface area contributed by atoms with Gasteiger partial charge in [-0.2, -0.15) is 5.10 Å². The lowest BCUT2D eigenvalue weighted by atomic mass is 10.1. The summed E-state index contributed by atoms with van der Waals surface area (Å²) in [5.41, 5.74) is 3.18. The van der Waals surface area contributed by atoms with Crippen LogP contribution < -0.4 is 10.7 Å². The Kier molecular flexibility index (Phi) is 7.76. The van der Waals surface area contributed by atoms with Gasteiger partial charge >= 0.3 is 6.09 Å². The van der Waals surface area contributed by atoms with Gasteiger partial charge in [-0.1, -0.05) is 48.0 Å². The number of ether oxygens (including phenoxy) is 1. The largest absolute Gasteiger partial charge is 0.450 e. The van der Waals surface area contributed by atoms with Gasteiger partial charge in [0.2, 0.25) is 0 Å². The number of carbonyl (C=O) groups excluding carboxylic acids is 2. The Balaban J connectivity index is 2.08. The van der Waals surface area contributed by atoms with Crippen molar-refractivity contribution in [2.75, 3.05) is 6.61 Å². The van der Waals surface area contributed by atoms with E-state index < -0.39 is 23.9 Å². The summed E-state index contributed by atoms with van der Waals surface area (Å²) in [7, 11) is 0. The number of nitrogens with one attached hydrogen (secondary N) is 2. The summed E-state index contributed by atoms with van der Waals surface area (Å²) in [6.45, 7) is 1.84. The Hall–Kier alpha value is -2.93. The van der Waals surface area contributed by atoms with Gasteiger partial charge in [0.05, 0.1) is 17.8 Å². The molecule has 2 aromatic rings. The van der Waals surface area contributed by atoms with Crippen molar-refractivity contribution < 1.29 is 18.7 Å². The third kappa shape index (κ3) is 6.38. The van der Waals surface area contributed by atoms with Crippen LogP contribution >= 0.6 is 11.6 Å². The summed E-state index contributed by atoms with van der Waals surface area (Å²) >= 11 is 5.90. The second-order valence-corrected chi connectivity index (χ2v) is 5.88. The van der Waals surface area contributed by atoms with Gasteiger partial charge in [0.25, 0.3) is 5.91 Å². The van der Waals surface area contributed by atoms with E-state index >= 15 is 0 Å². The maximum absolute atomic E-state index is 13.7. The van der Waals surface area contributed by atoms with E-state index in [2.05, 4.69) is 15.8 Å². The van der Waals surface area contributed by atoms with Crippen molar-refractivity contribution in [1.29, 1.82) is 0 Å². The fourth-order valence-corrected chi connectivity index (χ4v) is 2.46. The first-order chi connectivity index (χ1) is 13.0. The second kappa shape index (κ2) is 10.3. The van der Waals surface area contributed by atoms with Crippen molar-refractivity contribution in [3.8, 4) is 0 Å². The highest BCUT2D eigenvalue weighted by molar-refractivity contribution is 6.33. The highest BCUT2D eigenvalue weighted by Crippen LogP contribution is 2.16. The summed E-state index contributed by atoms with van der Waals surface area (Å²) in [5.74, 6) is -1.14. The van der Waals surface area contributed by atoms with Gasteiger partial charge in [-0.05, 0) is 24.6 Å². The summed E-state index contributed by atoms with van der Waals surface area (Å²) in [4.78, 5) is 24.1. The quantitative estimate of drug-likeness (QED) is 0.561. The minimum Gasteiger partial charge on any atom is -0.450 e. The number of nitrogens with zero attached hydrogens (tertiary/aromatic N) is 1. The van der Waals surface area contributed by atoms with E-state index in [1.807, 2.05) is 30.3 Å². The Morgan fingerprint density at radius 2 is 1.96 bits per heavy atom. The molecular formula is C19H19ClFN3O3. The molecule has 8 heteroatoms. The fraction of sp³-hybridized carbons (Fsp3) is 0.211. The molecule has 27 heavy (non-hydrogen) atoms. The molecule has 2 N–H and O–H groups in total. The number of alkyl carbamates (subject to hydrolysis) is 1. The molecule has 2 rings (SSSR count). The molecule has 2 aromatic carbocycles. The molecule has 0 aliphatic heterocycles. The number of rotatable bonds is 7. The van der Waals surface area contributed by atoms with Crippen LogP contribution in [0.4, 0.5) is 9.18 Å². The van der Waals surface area contributed by atoms with E-state index in [9.17, 15) is 14.0 Å². The number of carbonyl (C=O) groups is 2. The molecule has 0 aromatic heterocycles. The van der Waals surface area contributed by atoms with Crippen LogP contribution in [0, 0.1) is 5.82 Å². The van der Waals surface area contributed by atoms with Crippen LogP contribution in [0.2, 0.25) is 5.02 Å². The topological polar surface area (TPSA) is 79.8 Å². The minimum absolute atomic E-state index is 0.0532. The average molecular weight is 392 g/mol. The maximum atomic E-state index is 13.7. The van der Waals surface area contributed by atoms with Crippen molar-refractivity contribution in [3.05, 3.63) is 70.5 Å². The third-order valence-corrected chi connectivity index (χ3v) is 3.86. The number of benzene rings is 2. The molecule has 2 amide bonds. The summed E-state index contributed by atoms with van der Waals surface area (Å²) in [6, 6.07) is 12.4. The van der Waals surface area contributed by atoms with Gasteiger partial charge in [0.1, 0.15) is 11.9 Å². The predicted molar refractivity (Wildman–Crippen MR) is 101 cm³/mol. The van der Waals surface area contributed by atoms with E-state index in [4.69, 9.17) is 16.3 Å². The molecular weight excluding hydrogens is 373 g/mol. The molecule has 0 saturated heterocycles. The Morgan fingerprint density at radius 3 is 2.63 bits per heavy atom. The molecule has 1 atom stereocenters. The van der Waals surface area contributed by atoms with E-state index in [1.54, 1.807) is 6.92 Å². The lowest BCUT2D eigenvalue weighted by molar-refractivity contribution is -0.123. The van der Waals surface area contributed by atoms with E-state index in [-0.39, 0.29) is 23.6 Å². The number of hydrogen-bond acceptors (Lipinski definition) is 4. The van der Waals surface area contributed by atoms with Gasteiger partial charge in [-0.3, -0.25) is 4.79 Å². The van der Waals surface area contributed by atoms with Crippen molar-refractivity contribution in [1.82, 2.24) is 10.7 Å². The zero-order chi connectivity index (χ0) is 19.6. The van der Waals surface area contributed by atoms with Gasteiger partial charge < -0.3 is 10.1 Å². The van der Waals surface area contributed by atoms with E-state index in [0.29, 0.717) is 0 Å². The van der Waals surface area contributed by atoms with Crippen molar-refractivity contribution >= 4 is 29.8 Å². The first-order valence-corrected chi connectivity index (χ1v) is 8.63. The van der Waals surface area contributed by atoms with Gasteiger partial charge in [-0.15, -0.1) is 0 Å². The predicted octanol–water partition coefficient (Wildman–Crippen LogP) is 3.29. The molecule has 0 fully saturated rings. The zero-order valence-electron chi connectivity index (χ0n) is 14.6. The average Bonchev–Trinajstić information content (AvgIpc) is 2.64. The molecule has 6 nitrogen and oxygen atoms in total. The molecule has 0 spiro atoms. The number of hydrogen-bond donors (Lipinski definition) is 2. The van der Waals surface area contributed by atoms with Crippen molar-refractivity contribution in [2.45, 2.75) is 19.4 Å². The van der Waals surface area contributed by atoms with Crippen LogP contribution in [-0.2, 0) is 16.0 Å². The summed E-state index contributed by atoms with van der Waals surface area (Å²) < 4.78 is 18.5. The molecule has 142 valence electrons. The molecule has 0 bridgehead atoms. The Bertz CT molecular complexity index is 795. The number of amides is 2. The van der Waals surface area contributed by atoms with Gasteiger partial charge in [0, 0.05) is 12.0 Å². The SMILES string of the molecule is CCOC(=O)N[C@H](Cc1ccccc1)C(=O)N/N=C\c1c(F)cccc1Cl. The lowest BCUT2D eigenvalue weighted by Gasteiger charge is -2.16. The van der Waals surface area contributed by atoms with Crippen LogP contribution in [0.1, 0.15) is 18.1 Å². The zero-order valence-corrected chi connectivity index (χ0v) is 15.4.